The lowest BCUT2D eigenvalue weighted by Gasteiger charge is -2.36. The summed E-state index contributed by atoms with van der Waals surface area (Å²) < 4.78 is 5.44. The van der Waals surface area contributed by atoms with Gasteiger partial charge < -0.3 is 14.7 Å². The predicted octanol–water partition coefficient (Wildman–Crippen LogP) is 2.66. The average Bonchev–Trinajstić information content (AvgIpc) is 2.92. The quantitative estimate of drug-likeness (QED) is 0.859. The van der Waals surface area contributed by atoms with Crippen LogP contribution in [0.4, 0.5) is 4.79 Å². The van der Waals surface area contributed by atoms with Crippen LogP contribution >= 0.6 is 0 Å². The molecule has 1 fully saturated rings. The zero-order chi connectivity index (χ0) is 17.9. The second-order valence-corrected chi connectivity index (χ2v) is 7.78. The van der Waals surface area contributed by atoms with Gasteiger partial charge in [0, 0.05) is 18.8 Å². The number of aliphatic hydroxyl groups excluding tert-OH is 1. The minimum Gasteiger partial charge on any atom is -0.443 e. The second kappa shape index (κ2) is 7.55. The highest BCUT2D eigenvalue weighted by molar-refractivity contribution is 5.87. The van der Waals surface area contributed by atoms with Crippen LogP contribution in [0.1, 0.15) is 59.8 Å². The van der Waals surface area contributed by atoms with Crippen molar-refractivity contribution in [3.63, 3.8) is 0 Å². The Bertz CT molecular complexity index is 496. The molecule has 0 aromatic rings. The first-order valence-electron chi connectivity index (χ1n) is 8.85. The molecule has 24 heavy (non-hydrogen) atoms. The Morgan fingerprint density at radius 3 is 2.67 bits per heavy atom. The largest absolute Gasteiger partial charge is 0.443 e. The first kappa shape index (κ1) is 18.8. The van der Waals surface area contributed by atoms with Gasteiger partial charge in [0.1, 0.15) is 11.6 Å². The molecule has 1 saturated heterocycles. The van der Waals surface area contributed by atoms with Gasteiger partial charge >= 0.3 is 6.09 Å². The third-order valence-corrected chi connectivity index (χ3v) is 4.37. The summed E-state index contributed by atoms with van der Waals surface area (Å²) in [5.41, 5.74) is -0.599. The maximum atomic E-state index is 13.0. The maximum absolute atomic E-state index is 13.0. The highest BCUT2D eigenvalue weighted by Gasteiger charge is 2.39. The van der Waals surface area contributed by atoms with Gasteiger partial charge in [-0.3, -0.25) is 9.69 Å². The van der Waals surface area contributed by atoms with E-state index < -0.39 is 23.8 Å². The van der Waals surface area contributed by atoms with Crippen LogP contribution < -0.4 is 0 Å². The molecule has 136 valence electrons. The van der Waals surface area contributed by atoms with Crippen molar-refractivity contribution in [1.29, 1.82) is 0 Å². The SMILES string of the molecule is CC(O)CC1CCCN1C(=O)C1CCC=CN1C(=O)OC(C)(C)C. The van der Waals surface area contributed by atoms with Crippen LogP contribution in [0.2, 0.25) is 0 Å². The lowest BCUT2D eigenvalue weighted by Crippen LogP contribution is -2.52. The van der Waals surface area contributed by atoms with Crippen molar-refractivity contribution in [2.24, 2.45) is 0 Å². The van der Waals surface area contributed by atoms with E-state index in [0.717, 1.165) is 19.3 Å². The summed E-state index contributed by atoms with van der Waals surface area (Å²) in [6.07, 6.45) is 6.45. The average molecular weight is 338 g/mol. The van der Waals surface area contributed by atoms with E-state index in [1.54, 1.807) is 13.1 Å². The van der Waals surface area contributed by atoms with Crippen molar-refractivity contribution in [2.45, 2.75) is 83.6 Å². The smallest absolute Gasteiger partial charge is 0.415 e. The summed E-state index contributed by atoms with van der Waals surface area (Å²) in [5.74, 6) is -0.0339. The Morgan fingerprint density at radius 2 is 2.04 bits per heavy atom. The molecular weight excluding hydrogens is 308 g/mol. The van der Waals surface area contributed by atoms with Gasteiger partial charge in [-0.2, -0.15) is 0 Å². The number of hydrogen-bond donors (Lipinski definition) is 1. The molecule has 0 spiro atoms. The van der Waals surface area contributed by atoms with Gasteiger partial charge in [-0.15, -0.1) is 0 Å². The Morgan fingerprint density at radius 1 is 1.33 bits per heavy atom. The van der Waals surface area contributed by atoms with Crippen molar-refractivity contribution in [2.75, 3.05) is 6.54 Å². The van der Waals surface area contributed by atoms with Crippen LogP contribution in [0.15, 0.2) is 12.3 Å². The monoisotopic (exact) mass is 338 g/mol. The third kappa shape index (κ3) is 4.72. The summed E-state index contributed by atoms with van der Waals surface area (Å²) in [5, 5.41) is 9.66. The maximum Gasteiger partial charge on any atom is 0.415 e. The number of aliphatic hydroxyl groups is 1. The van der Waals surface area contributed by atoms with Crippen LogP contribution in [-0.2, 0) is 9.53 Å². The second-order valence-electron chi connectivity index (χ2n) is 7.78. The fraction of sp³-hybridized carbons (Fsp3) is 0.778. The summed E-state index contributed by atoms with van der Waals surface area (Å²) in [4.78, 5) is 28.7. The third-order valence-electron chi connectivity index (χ3n) is 4.37. The minimum absolute atomic E-state index is 0.0339. The fourth-order valence-corrected chi connectivity index (χ4v) is 3.39. The molecule has 2 aliphatic rings. The van der Waals surface area contributed by atoms with E-state index in [2.05, 4.69) is 0 Å². The van der Waals surface area contributed by atoms with E-state index in [0.29, 0.717) is 19.4 Å². The number of allylic oxidation sites excluding steroid dienone is 1. The molecule has 2 heterocycles. The lowest BCUT2D eigenvalue weighted by molar-refractivity contribution is -0.137. The van der Waals surface area contributed by atoms with Gasteiger partial charge in [-0.25, -0.2) is 4.79 Å². The number of likely N-dealkylation sites (tertiary alicyclic amines) is 1. The standard InChI is InChI=1S/C18H30N2O4/c1-13(21)12-14-8-7-11-19(14)16(22)15-9-5-6-10-20(15)17(23)24-18(2,3)4/h6,10,13-15,21H,5,7-9,11-12H2,1-4H3. The van der Waals surface area contributed by atoms with Gasteiger partial charge in [0.2, 0.25) is 5.91 Å². The van der Waals surface area contributed by atoms with Crippen molar-refractivity contribution < 1.29 is 19.4 Å². The molecule has 0 aromatic carbocycles. The molecule has 0 bridgehead atoms. The minimum atomic E-state index is -0.599. The molecule has 2 amide bonds. The van der Waals surface area contributed by atoms with Crippen molar-refractivity contribution >= 4 is 12.0 Å². The molecule has 0 radical (unpaired) electrons. The highest BCUT2D eigenvalue weighted by atomic mass is 16.6. The first-order valence-corrected chi connectivity index (χ1v) is 8.85. The number of carbonyl (C=O) groups excluding carboxylic acids is 2. The zero-order valence-corrected chi connectivity index (χ0v) is 15.2. The molecule has 2 aliphatic heterocycles. The number of ether oxygens (including phenoxy) is 1. The summed E-state index contributed by atoms with van der Waals surface area (Å²) in [6.45, 7) is 7.88. The van der Waals surface area contributed by atoms with Gasteiger partial charge in [-0.1, -0.05) is 6.08 Å². The van der Waals surface area contributed by atoms with Gasteiger partial charge in [0.15, 0.2) is 0 Å². The Hall–Kier alpha value is -1.56. The molecule has 0 aliphatic carbocycles. The van der Waals surface area contributed by atoms with E-state index in [-0.39, 0.29) is 11.9 Å². The van der Waals surface area contributed by atoms with E-state index in [1.165, 1.54) is 4.90 Å². The van der Waals surface area contributed by atoms with Gasteiger partial charge in [0.05, 0.1) is 6.10 Å². The van der Waals surface area contributed by atoms with Crippen molar-refractivity contribution in [3.8, 4) is 0 Å². The molecular formula is C18H30N2O4. The molecule has 6 heteroatoms. The summed E-state index contributed by atoms with van der Waals surface area (Å²) in [7, 11) is 0. The summed E-state index contributed by atoms with van der Waals surface area (Å²) >= 11 is 0. The number of rotatable bonds is 3. The number of hydrogen-bond acceptors (Lipinski definition) is 4. The van der Waals surface area contributed by atoms with Crippen molar-refractivity contribution in [3.05, 3.63) is 12.3 Å². The van der Waals surface area contributed by atoms with E-state index in [9.17, 15) is 14.7 Å². The number of nitrogens with zero attached hydrogens (tertiary/aromatic N) is 2. The fourth-order valence-electron chi connectivity index (χ4n) is 3.39. The van der Waals surface area contributed by atoms with Crippen LogP contribution in [0, 0.1) is 0 Å². The number of amides is 2. The van der Waals surface area contributed by atoms with Crippen molar-refractivity contribution in [1.82, 2.24) is 9.80 Å². The topological polar surface area (TPSA) is 70.1 Å². The molecule has 6 nitrogen and oxygen atoms in total. The highest BCUT2D eigenvalue weighted by Crippen LogP contribution is 2.27. The molecule has 3 unspecified atom stereocenters. The summed E-state index contributed by atoms with van der Waals surface area (Å²) in [6, 6.07) is -0.455. The van der Waals surface area contributed by atoms with Crippen LogP contribution in [-0.4, -0.2) is 57.2 Å². The zero-order valence-electron chi connectivity index (χ0n) is 15.2. The Kier molecular flexibility index (Phi) is 5.91. The molecule has 0 aromatic heterocycles. The molecule has 1 N–H and O–H groups in total. The molecule has 2 rings (SSSR count). The number of carbonyl (C=O) groups is 2. The molecule has 3 atom stereocenters. The van der Waals surface area contributed by atoms with Gasteiger partial charge in [0.25, 0.3) is 0 Å². The van der Waals surface area contributed by atoms with Crippen LogP contribution in [0.25, 0.3) is 0 Å². The first-order chi connectivity index (χ1) is 11.2. The van der Waals surface area contributed by atoms with Crippen LogP contribution in [0.5, 0.6) is 0 Å². The Labute approximate surface area is 144 Å². The lowest BCUT2D eigenvalue weighted by atomic mass is 10.0. The van der Waals surface area contributed by atoms with E-state index in [4.69, 9.17) is 4.74 Å². The van der Waals surface area contributed by atoms with Gasteiger partial charge in [-0.05, 0) is 59.8 Å². The van der Waals surface area contributed by atoms with E-state index in [1.807, 2.05) is 31.7 Å². The normalized spacial score (nSPS) is 25.7. The molecule has 0 saturated carbocycles. The predicted molar refractivity (Wildman–Crippen MR) is 91.3 cm³/mol. The Balaban J connectivity index is 2.11. The van der Waals surface area contributed by atoms with E-state index >= 15 is 0 Å². The van der Waals surface area contributed by atoms with Crippen LogP contribution in [0.3, 0.4) is 0 Å².